The maximum atomic E-state index is 13.5. The fourth-order valence-corrected chi connectivity index (χ4v) is 12.3. The largest absolute Gasteiger partial charge is 0.454 e. The molecular formula is C80H147NO10. The van der Waals surface area contributed by atoms with Gasteiger partial charge in [-0.15, -0.1) is 0 Å². The van der Waals surface area contributed by atoms with Crippen molar-refractivity contribution in [3.05, 3.63) is 60.8 Å². The summed E-state index contributed by atoms with van der Waals surface area (Å²) >= 11 is 0. The van der Waals surface area contributed by atoms with E-state index in [1.165, 1.54) is 238 Å². The molecule has 11 nitrogen and oxygen atoms in total. The van der Waals surface area contributed by atoms with Gasteiger partial charge in [0, 0.05) is 6.42 Å². The van der Waals surface area contributed by atoms with E-state index in [0.29, 0.717) is 19.3 Å². The van der Waals surface area contributed by atoms with Crippen molar-refractivity contribution in [2.45, 2.75) is 423 Å². The van der Waals surface area contributed by atoms with Crippen LogP contribution in [0.4, 0.5) is 0 Å². The molecule has 1 heterocycles. The van der Waals surface area contributed by atoms with Crippen molar-refractivity contribution in [1.29, 1.82) is 0 Å². The minimum atomic E-state index is -1.62. The highest BCUT2D eigenvalue weighted by Gasteiger charge is 2.47. The highest BCUT2D eigenvalue weighted by atomic mass is 16.7. The van der Waals surface area contributed by atoms with Gasteiger partial charge in [-0.1, -0.05) is 358 Å². The highest BCUT2D eigenvalue weighted by Crippen LogP contribution is 2.27. The molecular weight excluding hydrogens is 1130 g/mol. The summed E-state index contributed by atoms with van der Waals surface area (Å²) in [7, 11) is 0. The first-order valence-corrected chi connectivity index (χ1v) is 39.1. The summed E-state index contributed by atoms with van der Waals surface area (Å²) in [6, 6.07) is -1.03. The summed E-state index contributed by atoms with van der Waals surface area (Å²) in [5.74, 6) is -1.19. The third-order valence-electron chi connectivity index (χ3n) is 18.4. The molecule has 6 N–H and O–H groups in total. The van der Waals surface area contributed by atoms with Gasteiger partial charge in [-0.3, -0.25) is 9.59 Å². The number of rotatable bonds is 68. The number of esters is 1. The van der Waals surface area contributed by atoms with Crippen LogP contribution in [0.25, 0.3) is 0 Å². The second kappa shape index (κ2) is 67.3. The number of carbonyl (C=O) groups is 2. The fraction of sp³-hybridized carbons (Fsp3) is 0.850. The summed E-state index contributed by atoms with van der Waals surface area (Å²) in [5, 5.41) is 57.4. The first-order valence-electron chi connectivity index (χ1n) is 39.1. The quantitative estimate of drug-likeness (QED) is 0.0195. The van der Waals surface area contributed by atoms with Gasteiger partial charge < -0.3 is 45.1 Å². The van der Waals surface area contributed by atoms with Gasteiger partial charge >= 0.3 is 5.97 Å². The van der Waals surface area contributed by atoms with Crippen molar-refractivity contribution in [2.24, 2.45) is 0 Å². The minimum Gasteiger partial charge on any atom is -0.454 e. The molecule has 1 saturated heterocycles. The van der Waals surface area contributed by atoms with E-state index in [-0.39, 0.29) is 13.0 Å². The summed E-state index contributed by atoms with van der Waals surface area (Å²) in [5.41, 5.74) is 0. The molecule has 1 aliphatic heterocycles. The van der Waals surface area contributed by atoms with Crippen molar-refractivity contribution in [3.63, 3.8) is 0 Å². The third kappa shape index (κ3) is 54.2. The Bertz CT molecular complexity index is 1720. The van der Waals surface area contributed by atoms with E-state index in [0.717, 1.165) is 89.9 Å². The van der Waals surface area contributed by atoms with Crippen molar-refractivity contribution >= 4 is 11.9 Å². The average Bonchev–Trinajstić information content (AvgIpc) is 1.13. The summed E-state index contributed by atoms with van der Waals surface area (Å²) < 4.78 is 17.7. The fourth-order valence-electron chi connectivity index (χ4n) is 12.3. The van der Waals surface area contributed by atoms with Gasteiger partial charge in [0.05, 0.1) is 25.4 Å². The molecule has 8 atom stereocenters. The molecule has 1 rings (SSSR count). The minimum absolute atomic E-state index is 0.117. The van der Waals surface area contributed by atoms with Crippen LogP contribution < -0.4 is 5.32 Å². The van der Waals surface area contributed by atoms with Crippen LogP contribution in [0.1, 0.15) is 374 Å². The Balaban J connectivity index is 2.49. The molecule has 0 bridgehead atoms. The monoisotopic (exact) mass is 1280 g/mol. The van der Waals surface area contributed by atoms with E-state index in [1.54, 1.807) is 6.08 Å². The van der Waals surface area contributed by atoms with Crippen LogP contribution in [0, 0.1) is 0 Å². The zero-order valence-electron chi connectivity index (χ0n) is 59.5. The molecule has 11 heteroatoms. The average molecular weight is 1280 g/mol. The number of carbonyl (C=O) groups excluding carboxylic acids is 2. The van der Waals surface area contributed by atoms with Gasteiger partial charge in [-0.25, -0.2) is 0 Å². The van der Waals surface area contributed by atoms with E-state index in [1.807, 2.05) is 6.08 Å². The number of aliphatic hydroxyl groups is 5. The summed E-state index contributed by atoms with van der Waals surface area (Å²) in [6.45, 7) is 5.81. The molecule has 0 aromatic rings. The predicted molar refractivity (Wildman–Crippen MR) is 384 cm³/mol. The second-order valence-electron chi connectivity index (χ2n) is 27.1. The van der Waals surface area contributed by atoms with E-state index < -0.39 is 67.4 Å². The number of allylic oxidation sites excluding steroid dienone is 9. The second-order valence-corrected chi connectivity index (χ2v) is 27.1. The van der Waals surface area contributed by atoms with Crippen LogP contribution in [-0.4, -0.2) is 99.6 Å². The smallest absolute Gasteiger partial charge is 0.306 e. The third-order valence-corrected chi connectivity index (χ3v) is 18.4. The molecule has 8 unspecified atom stereocenters. The molecule has 0 aliphatic carbocycles. The van der Waals surface area contributed by atoms with Crippen LogP contribution >= 0.6 is 0 Å². The number of nitrogens with one attached hydrogen (secondary N) is 1. The molecule has 1 amide bonds. The Morgan fingerprint density at radius 1 is 0.429 bits per heavy atom. The van der Waals surface area contributed by atoms with Gasteiger partial charge in [0.15, 0.2) is 12.4 Å². The number of hydrogen-bond acceptors (Lipinski definition) is 10. The molecule has 0 saturated carbocycles. The Kier molecular flexibility index (Phi) is 63.9. The van der Waals surface area contributed by atoms with Crippen LogP contribution in [0.3, 0.4) is 0 Å². The first kappa shape index (κ1) is 86.4. The van der Waals surface area contributed by atoms with Gasteiger partial charge in [-0.05, 0) is 70.6 Å². The van der Waals surface area contributed by atoms with Crippen molar-refractivity contribution < 1.29 is 49.3 Å². The number of amides is 1. The van der Waals surface area contributed by atoms with Gasteiger partial charge in [0.1, 0.15) is 24.4 Å². The number of hydrogen-bond donors (Lipinski definition) is 6. The van der Waals surface area contributed by atoms with Crippen molar-refractivity contribution in [1.82, 2.24) is 5.32 Å². The molecule has 1 aliphatic rings. The highest BCUT2D eigenvalue weighted by molar-refractivity contribution is 5.80. The Hall–Kier alpha value is -2.64. The molecule has 0 radical (unpaired) electrons. The lowest BCUT2D eigenvalue weighted by Crippen LogP contribution is -2.61. The number of aliphatic hydroxyl groups excluding tert-OH is 5. The Morgan fingerprint density at radius 3 is 1.15 bits per heavy atom. The first-order chi connectivity index (χ1) is 44.7. The summed E-state index contributed by atoms with van der Waals surface area (Å²) in [4.78, 5) is 26.7. The normalized spacial score (nSPS) is 18.3. The van der Waals surface area contributed by atoms with Crippen LogP contribution in [0.15, 0.2) is 60.8 Å². The lowest BCUT2D eigenvalue weighted by Gasteiger charge is -2.41. The van der Waals surface area contributed by atoms with Crippen molar-refractivity contribution in [3.8, 4) is 0 Å². The molecule has 1 fully saturated rings. The topological polar surface area (TPSA) is 175 Å². The SMILES string of the molecule is CCCCC/C=C\C/C=C\C/C=C\C/C=C\CCCCCCCCCCCC(=O)OC1C(OCC(NC(=O)C(O)CCCCCCCCCCCCCCCCCCCCCCCCCCCC)C(O)/C=C/CCCCCCCCCCC)OC(CO)C(O)C1O. The lowest BCUT2D eigenvalue weighted by molar-refractivity contribution is -0.305. The standard InChI is InChI=1S/C80H147NO10/c1-4-7-10-13-16-19-22-24-26-28-30-32-34-36-38-39-41-43-45-47-49-52-55-58-61-64-67-73(84)79(88)81-71(72(83)66-63-60-57-54-51-21-18-15-12-9-6-3)70-89-80-78(77(87)76(86)74(69-82)90-80)91-75(85)68-65-62-59-56-53-50-48-46-44-42-40-37-35-33-31-29-27-25-23-20-17-14-11-8-5-2/h17,20,25,27,31,33,37,40,63,66,71-74,76-78,80,82-84,86-87H,4-16,18-19,21-24,26,28-30,32,34-36,38-39,41-62,64-65,67-70H2,1-3H3,(H,81,88)/b20-17-,27-25-,33-31-,40-37-,66-63+. The zero-order chi connectivity index (χ0) is 66.0. The van der Waals surface area contributed by atoms with E-state index in [4.69, 9.17) is 14.2 Å². The van der Waals surface area contributed by atoms with E-state index in [9.17, 15) is 35.1 Å². The van der Waals surface area contributed by atoms with Crippen LogP contribution in [-0.2, 0) is 23.8 Å². The zero-order valence-corrected chi connectivity index (χ0v) is 59.5. The predicted octanol–water partition coefficient (Wildman–Crippen LogP) is 20.9. The summed E-state index contributed by atoms with van der Waals surface area (Å²) in [6.07, 6.45) is 77.1. The Morgan fingerprint density at radius 2 is 0.758 bits per heavy atom. The number of unbranched alkanes of at least 4 members (excludes halogenated alkanes) is 46. The van der Waals surface area contributed by atoms with Crippen LogP contribution in [0.2, 0.25) is 0 Å². The van der Waals surface area contributed by atoms with Crippen LogP contribution in [0.5, 0.6) is 0 Å². The van der Waals surface area contributed by atoms with E-state index >= 15 is 0 Å². The molecule has 532 valence electrons. The maximum absolute atomic E-state index is 13.5. The molecule has 0 spiro atoms. The maximum Gasteiger partial charge on any atom is 0.306 e. The van der Waals surface area contributed by atoms with E-state index in [2.05, 4.69) is 74.7 Å². The number of ether oxygens (including phenoxy) is 3. The molecule has 91 heavy (non-hydrogen) atoms. The van der Waals surface area contributed by atoms with Gasteiger partial charge in [0.2, 0.25) is 5.91 Å². The van der Waals surface area contributed by atoms with Gasteiger partial charge in [-0.2, -0.15) is 0 Å². The lowest BCUT2D eigenvalue weighted by atomic mass is 9.99. The molecule has 0 aromatic heterocycles. The van der Waals surface area contributed by atoms with Gasteiger partial charge in [0.25, 0.3) is 0 Å². The Labute approximate surface area is 560 Å². The van der Waals surface area contributed by atoms with Crippen molar-refractivity contribution in [2.75, 3.05) is 13.2 Å². The molecule has 0 aromatic carbocycles.